The summed E-state index contributed by atoms with van der Waals surface area (Å²) in [6.07, 6.45) is 1.71. The van der Waals surface area contributed by atoms with Crippen LogP contribution in [-0.4, -0.2) is 32.3 Å². The number of allylic oxidation sites excluding steroid dienone is 1. The second-order valence-corrected chi connectivity index (χ2v) is 9.92. The number of thioether (sulfide) groups is 1. The number of nitrogens with zero attached hydrogens (tertiary/aromatic N) is 3. The average Bonchev–Trinajstić information content (AvgIpc) is 3.20. The van der Waals surface area contributed by atoms with Gasteiger partial charge in [-0.25, -0.2) is 0 Å². The monoisotopic (exact) mass is 531 g/mol. The van der Waals surface area contributed by atoms with Crippen molar-refractivity contribution in [3.63, 3.8) is 0 Å². The Morgan fingerprint density at radius 3 is 2.57 bits per heavy atom. The third-order valence-electron chi connectivity index (χ3n) is 5.16. The third-order valence-corrected chi connectivity index (χ3v) is 6.67. The zero-order valence-corrected chi connectivity index (χ0v) is 22.0. The highest BCUT2D eigenvalue weighted by Gasteiger charge is 2.21. The molecule has 0 spiro atoms. The van der Waals surface area contributed by atoms with E-state index in [4.69, 9.17) is 23.2 Å². The van der Waals surface area contributed by atoms with E-state index in [-0.39, 0.29) is 28.5 Å². The zero-order chi connectivity index (χ0) is 25.5. The van der Waals surface area contributed by atoms with Crippen LogP contribution in [-0.2, 0) is 11.3 Å². The molecular formula is C25H27Cl2N5O2S. The minimum atomic E-state index is -0.470. The molecule has 0 bridgehead atoms. The van der Waals surface area contributed by atoms with E-state index in [1.54, 1.807) is 25.1 Å². The molecule has 0 radical (unpaired) electrons. The first-order valence-corrected chi connectivity index (χ1v) is 12.8. The Morgan fingerprint density at radius 1 is 1.14 bits per heavy atom. The second-order valence-electron chi connectivity index (χ2n) is 8.14. The standard InChI is InChI=1S/C25H27Cl2N5O2S/c1-5-12-32-23(16(4)28-24(34)19-11-10-17(26)13-20(19)27)30-31-25(32)35-14-22(33)29-21-9-7-6-8-18(21)15(2)3/h5-11,13,15-16H,1,12,14H2,2-4H3,(H,28,34)(H,29,33)/t16-/m0/s1. The first kappa shape index (κ1) is 26.8. The molecule has 0 aliphatic rings. The van der Waals surface area contributed by atoms with Gasteiger partial charge in [0.1, 0.15) is 0 Å². The highest BCUT2D eigenvalue weighted by atomic mass is 35.5. The molecule has 3 rings (SSSR count). The van der Waals surface area contributed by atoms with Crippen LogP contribution < -0.4 is 10.6 Å². The van der Waals surface area contributed by atoms with E-state index in [2.05, 4.69) is 41.3 Å². The van der Waals surface area contributed by atoms with E-state index < -0.39 is 6.04 Å². The van der Waals surface area contributed by atoms with Crippen LogP contribution in [0.1, 0.15) is 54.5 Å². The van der Waals surface area contributed by atoms with Crippen molar-refractivity contribution < 1.29 is 9.59 Å². The van der Waals surface area contributed by atoms with Crippen molar-refractivity contribution in [3.8, 4) is 0 Å². The molecule has 184 valence electrons. The Hall–Kier alpha value is -2.81. The highest BCUT2D eigenvalue weighted by Crippen LogP contribution is 2.26. The number of rotatable bonds is 10. The number of carbonyl (C=O) groups excluding carboxylic acids is 2. The van der Waals surface area contributed by atoms with Gasteiger partial charge in [-0.05, 0) is 42.7 Å². The maximum absolute atomic E-state index is 12.7. The number of aromatic nitrogens is 3. The molecule has 0 fully saturated rings. The van der Waals surface area contributed by atoms with Gasteiger partial charge in [-0.2, -0.15) is 0 Å². The number of anilines is 1. The molecule has 1 heterocycles. The third kappa shape index (κ3) is 6.87. The highest BCUT2D eigenvalue weighted by molar-refractivity contribution is 7.99. The minimum Gasteiger partial charge on any atom is -0.342 e. The largest absolute Gasteiger partial charge is 0.342 e. The fourth-order valence-electron chi connectivity index (χ4n) is 3.47. The average molecular weight is 532 g/mol. The quantitative estimate of drug-likeness (QED) is 0.243. The van der Waals surface area contributed by atoms with E-state index in [1.165, 1.54) is 17.8 Å². The molecule has 0 saturated heterocycles. The molecule has 0 aliphatic heterocycles. The number of hydrogen-bond acceptors (Lipinski definition) is 5. The predicted molar refractivity (Wildman–Crippen MR) is 142 cm³/mol. The van der Waals surface area contributed by atoms with E-state index in [1.807, 2.05) is 28.8 Å². The molecule has 2 amide bonds. The van der Waals surface area contributed by atoms with Gasteiger partial charge in [0.2, 0.25) is 5.91 Å². The van der Waals surface area contributed by atoms with Crippen LogP contribution in [0.4, 0.5) is 5.69 Å². The Labute approximate surface area is 219 Å². The number of halogens is 2. The minimum absolute atomic E-state index is 0.142. The van der Waals surface area contributed by atoms with Gasteiger partial charge in [0.05, 0.1) is 22.4 Å². The lowest BCUT2D eigenvalue weighted by atomic mass is 10.0. The Kier molecular flexibility index (Phi) is 9.37. The molecule has 3 aromatic rings. The summed E-state index contributed by atoms with van der Waals surface area (Å²) in [5.41, 5.74) is 2.19. The number of para-hydroxylation sites is 1. The molecule has 0 unspecified atom stereocenters. The van der Waals surface area contributed by atoms with Gasteiger partial charge in [-0.1, -0.05) is 73.1 Å². The normalized spacial score (nSPS) is 11.8. The predicted octanol–water partition coefficient (Wildman–Crippen LogP) is 6.12. The number of hydrogen-bond donors (Lipinski definition) is 2. The maximum Gasteiger partial charge on any atom is 0.253 e. The Bertz CT molecular complexity index is 1230. The first-order valence-electron chi connectivity index (χ1n) is 11.0. The van der Waals surface area contributed by atoms with Crippen LogP contribution in [0.5, 0.6) is 0 Å². The van der Waals surface area contributed by atoms with Crippen LogP contribution in [0.25, 0.3) is 0 Å². The van der Waals surface area contributed by atoms with E-state index in [0.29, 0.717) is 28.1 Å². The topological polar surface area (TPSA) is 88.9 Å². The lowest BCUT2D eigenvalue weighted by Gasteiger charge is -2.16. The van der Waals surface area contributed by atoms with Crippen LogP contribution in [0, 0.1) is 0 Å². The fraction of sp³-hybridized carbons (Fsp3) is 0.280. The van der Waals surface area contributed by atoms with Gasteiger partial charge in [0, 0.05) is 17.3 Å². The van der Waals surface area contributed by atoms with E-state index in [0.717, 1.165) is 11.3 Å². The molecular weight excluding hydrogens is 505 g/mol. The van der Waals surface area contributed by atoms with Crippen LogP contribution in [0.3, 0.4) is 0 Å². The Morgan fingerprint density at radius 2 is 1.89 bits per heavy atom. The molecule has 35 heavy (non-hydrogen) atoms. The van der Waals surface area contributed by atoms with Crippen molar-refractivity contribution >= 4 is 52.5 Å². The van der Waals surface area contributed by atoms with Gasteiger partial charge >= 0.3 is 0 Å². The van der Waals surface area contributed by atoms with E-state index >= 15 is 0 Å². The molecule has 1 atom stereocenters. The summed E-state index contributed by atoms with van der Waals surface area (Å²) in [4.78, 5) is 25.4. The van der Waals surface area contributed by atoms with Crippen LogP contribution in [0.2, 0.25) is 10.0 Å². The molecule has 0 saturated carbocycles. The molecule has 7 nitrogen and oxygen atoms in total. The van der Waals surface area contributed by atoms with Crippen molar-refractivity contribution in [1.82, 2.24) is 20.1 Å². The summed E-state index contributed by atoms with van der Waals surface area (Å²) < 4.78 is 1.82. The van der Waals surface area contributed by atoms with Crippen LogP contribution >= 0.6 is 35.0 Å². The summed E-state index contributed by atoms with van der Waals surface area (Å²) in [6.45, 7) is 10.2. The van der Waals surface area contributed by atoms with Crippen molar-refractivity contribution in [2.75, 3.05) is 11.1 Å². The van der Waals surface area contributed by atoms with Gasteiger partial charge in [0.25, 0.3) is 5.91 Å². The van der Waals surface area contributed by atoms with Crippen molar-refractivity contribution in [2.45, 2.75) is 44.4 Å². The van der Waals surface area contributed by atoms with Gasteiger partial charge in [0.15, 0.2) is 11.0 Å². The number of carbonyl (C=O) groups is 2. The van der Waals surface area contributed by atoms with Gasteiger partial charge in [-0.15, -0.1) is 16.8 Å². The number of benzene rings is 2. The SMILES string of the molecule is C=CCn1c(SCC(=O)Nc2ccccc2C(C)C)nnc1[C@H](C)NC(=O)c1ccc(Cl)cc1Cl. The van der Waals surface area contributed by atoms with Crippen molar-refractivity contribution in [3.05, 3.63) is 82.1 Å². The van der Waals surface area contributed by atoms with Crippen LogP contribution in [0.15, 0.2) is 60.3 Å². The summed E-state index contributed by atoms with van der Waals surface area (Å²) >= 11 is 13.4. The first-order chi connectivity index (χ1) is 16.7. The smallest absolute Gasteiger partial charge is 0.253 e. The lowest BCUT2D eigenvalue weighted by molar-refractivity contribution is -0.113. The van der Waals surface area contributed by atoms with Crippen molar-refractivity contribution in [2.24, 2.45) is 0 Å². The second kappa shape index (κ2) is 12.2. The lowest BCUT2D eigenvalue weighted by Crippen LogP contribution is -2.29. The molecule has 0 aliphatic carbocycles. The van der Waals surface area contributed by atoms with Gasteiger partial charge in [-0.3, -0.25) is 9.59 Å². The summed E-state index contributed by atoms with van der Waals surface area (Å²) in [6, 6.07) is 12.0. The Balaban J connectivity index is 1.69. The molecule has 2 N–H and O–H groups in total. The summed E-state index contributed by atoms with van der Waals surface area (Å²) in [5.74, 6) is 0.484. The number of amides is 2. The molecule has 2 aromatic carbocycles. The molecule has 10 heteroatoms. The fourth-order valence-corrected chi connectivity index (χ4v) is 4.72. The molecule has 1 aromatic heterocycles. The zero-order valence-electron chi connectivity index (χ0n) is 19.7. The van der Waals surface area contributed by atoms with Gasteiger partial charge < -0.3 is 15.2 Å². The van der Waals surface area contributed by atoms with E-state index in [9.17, 15) is 9.59 Å². The number of nitrogens with one attached hydrogen (secondary N) is 2. The van der Waals surface area contributed by atoms with Crippen molar-refractivity contribution in [1.29, 1.82) is 0 Å². The summed E-state index contributed by atoms with van der Waals surface area (Å²) in [5, 5.41) is 15.6. The maximum atomic E-state index is 12.7. The summed E-state index contributed by atoms with van der Waals surface area (Å²) in [7, 11) is 0.